The van der Waals surface area contributed by atoms with Gasteiger partial charge >= 0.3 is 0 Å². The van der Waals surface area contributed by atoms with Gasteiger partial charge in [0, 0.05) is 13.2 Å². The molecule has 1 aromatic rings. The number of hydrogen-bond donors (Lipinski definition) is 2. The van der Waals surface area contributed by atoms with Crippen LogP contribution in [0.2, 0.25) is 0 Å². The van der Waals surface area contributed by atoms with E-state index in [1.54, 1.807) is 0 Å². The van der Waals surface area contributed by atoms with Gasteiger partial charge in [-0.2, -0.15) is 4.98 Å². The van der Waals surface area contributed by atoms with Crippen molar-refractivity contribution in [3.05, 3.63) is 12.1 Å². The molecule has 5 heteroatoms. The van der Waals surface area contributed by atoms with E-state index in [2.05, 4.69) is 10.3 Å². The van der Waals surface area contributed by atoms with Crippen molar-refractivity contribution in [2.24, 2.45) is 5.92 Å². The highest BCUT2D eigenvalue weighted by molar-refractivity contribution is 5.53. The zero-order valence-corrected chi connectivity index (χ0v) is 11.8. The fourth-order valence-electron chi connectivity index (χ4n) is 2.33. The van der Waals surface area contributed by atoms with E-state index in [1.807, 2.05) is 12.1 Å². The zero-order chi connectivity index (χ0) is 13.8. The first-order chi connectivity index (χ1) is 9.81. The summed E-state index contributed by atoms with van der Waals surface area (Å²) in [5, 5.41) is 3.31. The molecule has 0 aromatic carbocycles. The lowest BCUT2D eigenvalue weighted by Crippen LogP contribution is -2.27. The van der Waals surface area contributed by atoms with Gasteiger partial charge in [0.15, 0.2) is 0 Å². The van der Waals surface area contributed by atoms with Gasteiger partial charge in [-0.25, -0.2) is 0 Å². The molecule has 1 aliphatic carbocycles. The summed E-state index contributed by atoms with van der Waals surface area (Å²) in [5.41, 5.74) is 6.50. The smallest absolute Gasteiger partial charge is 0.239 e. The monoisotopic (exact) mass is 277 g/mol. The van der Waals surface area contributed by atoms with Crippen molar-refractivity contribution in [2.75, 3.05) is 30.8 Å². The predicted molar refractivity (Wildman–Crippen MR) is 78.9 cm³/mol. The Balaban J connectivity index is 1.53. The molecule has 3 N–H and O–H groups in total. The van der Waals surface area contributed by atoms with Gasteiger partial charge in [-0.15, -0.1) is 0 Å². The Morgan fingerprint density at radius 2 is 2.20 bits per heavy atom. The molecule has 0 amide bonds. The molecule has 2 aliphatic rings. The summed E-state index contributed by atoms with van der Waals surface area (Å²) in [6.45, 7) is 2.39. The average Bonchev–Trinajstić information content (AvgIpc) is 3.30. The Hall–Kier alpha value is -1.49. The quantitative estimate of drug-likeness (QED) is 0.835. The molecule has 2 fully saturated rings. The van der Waals surface area contributed by atoms with E-state index in [-0.39, 0.29) is 0 Å². The van der Waals surface area contributed by atoms with Gasteiger partial charge < -0.3 is 20.5 Å². The van der Waals surface area contributed by atoms with Crippen molar-refractivity contribution in [1.29, 1.82) is 0 Å². The SMILES string of the molecule is Nc1ccc(NCC2CCCCO2)nc1OCC1CC1. The normalized spacial score (nSPS) is 22.5. The van der Waals surface area contributed by atoms with Gasteiger partial charge in [-0.3, -0.25) is 0 Å². The van der Waals surface area contributed by atoms with E-state index < -0.39 is 0 Å². The highest BCUT2D eigenvalue weighted by Crippen LogP contribution is 2.30. The summed E-state index contributed by atoms with van der Waals surface area (Å²) >= 11 is 0. The molecule has 1 unspecified atom stereocenters. The number of hydrogen-bond acceptors (Lipinski definition) is 5. The zero-order valence-electron chi connectivity index (χ0n) is 11.8. The van der Waals surface area contributed by atoms with Crippen LogP contribution in [0, 0.1) is 5.92 Å². The van der Waals surface area contributed by atoms with Crippen molar-refractivity contribution in [2.45, 2.75) is 38.2 Å². The second-order valence-corrected chi connectivity index (χ2v) is 5.71. The maximum absolute atomic E-state index is 5.90. The van der Waals surface area contributed by atoms with Crippen LogP contribution in [0.15, 0.2) is 12.1 Å². The molecule has 1 aliphatic heterocycles. The average molecular weight is 277 g/mol. The standard InChI is InChI=1S/C15H23N3O2/c16-13-6-7-14(17-9-12-3-1-2-8-19-12)18-15(13)20-10-11-4-5-11/h6-7,11-12H,1-5,8-10,16H2,(H,17,18). The van der Waals surface area contributed by atoms with Crippen LogP contribution in [-0.2, 0) is 4.74 Å². The Labute approximate surface area is 119 Å². The minimum atomic E-state index is 0.291. The van der Waals surface area contributed by atoms with Crippen LogP contribution in [0.1, 0.15) is 32.1 Å². The number of nitrogens with two attached hydrogens (primary N) is 1. The first kappa shape index (κ1) is 13.5. The Morgan fingerprint density at radius 1 is 1.30 bits per heavy atom. The van der Waals surface area contributed by atoms with Crippen LogP contribution >= 0.6 is 0 Å². The van der Waals surface area contributed by atoms with Crippen molar-refractivity contribution in [3.8, 4) is 5.88 Å². The lowest BCUT2D eigenvalue weighted by atomic mass is 10.1. The maximum Gasteiger partial charge on any atom is 0.239 e. The largest absolute Gasteiger partial charge is 0.476 e. The van der Waals surface area contributed by atoms with Crippen LogP contribution in [0.25, 0.3) is 0 Å². The summed E-state index contributed by atoms with van der Waals surface area (Å²) in [7, 11) is 0. The summed E-state index contributed by atoms with van der Waals surface area (Å²) in [6.07, 6.45) is 6.35. The highest BCUT2D eigenvalue weighted by atomic mass is 16.5. The van der Waals surface area contributed by atoms with E-state index >= 15 is 0 Å². The molecule has 3 rings (SSSR count). The summed E-state index contributed by atoms with van der Waals surface area (Å²) in [5.74, 6) is 2.05. The van der Waals surface area contributed by atoms with E-state index in [4.69, 9.17) is 15.2 Å². The molecule has 0 bridgehead atoms. The molecule has 1 aromatic heterocycles. The Morgan fingerprint density at radius 3 is 2.95 bits per heavy atom. The van der Waals surface area contributed by atoms with Gasteiger partial charge in [-0.05, 0) is 50.2 Å². The van der Waals surface area contributed by atoms with Crippen molar-refractivity contribution < 1.29 is 9.47 Å². The molecule has 1 saturated heterocycles. The van der Waals surface area contributed by atoms with Gasteiger partial charge in [0.25, 0.3) is 0 Å². The van der Waals surface area contributed by atoms with Crippen LogP contribution in [0.4, 0.5) is 11.5 Å². The number of pyridine rings is 1. The van der Waals surface area contributed by atoms with Crippen molar-refractivity contribution in [3.63, 3.8) is 0 Å². The first-order valence-corrected chi connectivity index (χ1v) is 7.56. The molecule has 110 valence electrons. The van der Waals surface area contributed by atoms with Crippen LogP contribution in [0.3, 0.4) is 0 Å². The summed E-state index contributed by atoms with van der Waals surface area (Å²) in [4.78, 5) is 4.44. The number of aromatic nitrogens is 1. The fraction of sp³-hybridized carbons (Fsp3) is 0.667. The maximum atomic E-state index is 5.90. The minimum absolute atomic E-state index is 0.291. The summed E-state index contributed by atoms with van der Waals surface area (Å²) in [6, 6.07) is 3.74. The highest BCUT2D eigenvalue weighted by Gasteiger charge is 2.22. The van der Waals surface area contributed by atoms with Gasteiger partial charge in [-0.1, -0.05) is 0 Å². The molecule has 20 heavy (non-hydrogen) atoms. The number of nitrogens with one attached hydrogen (secondary N) is 1. The Bertz CT molecular complexity index is 443. The third kappa shape index (κ3) is 3.76. The molecule has 1 saturated carbocycles. The molecular weight excluding hydrogens is 254 g/mol. The number of nitrogen functional groups attached to an aromatic ring is 1. The number of nitrogens with zero attached hydrogens (tertiary/aromatic N) is 1. The van der Waals surface area contributed by atoms with Crippen LogP contribution in [0.5, 0.6) is 5.88 Å². The molecule has 0 spiro atoms. The molecule has 0 radical (unpaired) electrons. The van der Waals surface area contributed by atoms with Gasteiger partial charge in [0.05, 0.1) is 18.4 Å². The second kappa shape index (κ2) is 6.31. The van der Waals surface area contributed by atoms with Crippen LogP contribution < -0.4 is 15.8 Å². The van der Waals surface area contributed by atoms with Crippen molar-refractivity contribution in [1.82, 2.24) is 4.98 Å². The van der Waals surface area contributed by atoms with E-state index in [9.17, 15) is 0 Å². The Kier molecular flexibility index (Phi) is 4.25. The molecule has 1 atom stereocenters. The number of anilines is 2. The van der Waals surface area contributed by atoms with E-state index in [1.165, 1.54) is 25.7 Å². The first-order valence-electron chi connectivity index (χ1n) is 7.56. The predicted octanol–water partition coefficient (Wildman–Crippen LogP) is 2.43. The lowest BCUT2D eigenvalue weighted by molar-refractivity contribution is 0.0247. The summed E-state index contributed by atoms with van der Waals surface area (Å²) < 4.78 is 11.4. The third-order valence-corrected chi connectivity index (χ3v) is 3.83. The van der Waals surface area contributed by atoms with E-state index in [0.29, 0.717) is 23.6 Å². The van der Waals surface area contributed by atoms with Gasteiger partial charge in [0.1, 0.15) is 5.82 Å². The van der Waals surface area contributed by atoms with Crippen LogP contribution in [-0.4, -0.2) is 30.8 Å². The van der Waals surface area contributed by atoms with E-state index in [0.717, 1.165) is 32.0 Å². The van der Waals surface area contributed by atoms with Crippen molar-refractivity contribution >= 4 is 11.5 Å². The third-order valence-electron chi connectivity index (χ3n) is 3.83. The second-order valence-electron chi connectivity index (χ2n) is 5.71. The fourth-order valence-corrected chi connectivity index (χ4v) is 2.33. The molecule has 2 heterocycles. The van der Waals surface area contributed by atoms with Gasteiger partial charge in [0.2, 0.25) is 5.88 Å². The lowest BCUT2D eigenvalue weighted by Gasteiger charge is -2.23. The topological polar surface area (TPSA) is 69.4 Å². The number of rotatable bonds is 6. The minimum Gasteiger partial charge on any atom is -0.476 e. The number of ether oxygens (including phenoxy) is 2. The molecular formula is C15H23N3O2. The molecule has 5 nitrogen and oxygen atoms in total.